The van der Waals surface area contributed by atoms with Crippen molar-refractivity contribution in [3.05, 3.63) is 62.8 Å². The molecule has 1 amide bonds. The molecule has 1 unspecified atom stereocenters. The molecule has 0 radical (unpaired) electrons. The van der Waals surface area contributed by atoms with Crippen molar-refractivity contribution in [2.75, 3.05) is 5.32 Å². The van der Waals surface area contributed by atoms with Crippen molar-refractivity contribution in [3.63, 3.8) is 0 Å². The van der Waals surface area contributed by atoms with Gasteiger partial charge in [-0.05, 0) is 77.9 Å². The Morgan fingerprint density at radius 2 is 1.86 bits per heavy atom. The Kier molecular flexibility index (Phi) is 6.61. The lowest BCUT2D eigenvalue weighted by molar-refractivity contribution is -0.157. The molecule has 0 aromatic heterocycles. The third-order valence-corrected chi connectivity index (χ3v) is 7.45. The number of hydrogen-bond acceptors (Lipinski definition) is 4. The van der Waals surface area contributed by atoms with Crippen LogP contribution in [-0.2, 0) is 19.7 Å². The Morgan fingerprint density at radius 1 is 1.17 bits per heavy atom. The highest BCUT2D eigenvalue weighted by molar-refractivity contribution is 9.10. The van der Waals surface area contributed by atoms with Gasteiger partial charge >= 0.3 is 5.97 Å². The summed E-state index contributed by atoms with van der Waals surface area (Å²) in [4.78, 5) is 27.6. The van der Waals surface area contributed by atoms with E-state index in [4.69, 9.17) is 16.3 Å². The van der Waals surface area contributed by atoms with Gasteiger partial charge in [-0.1, -0.05) is 50.6 Å². The highest BCUT2D eigenvalue weighted by atomic mass is 79.9. The van der Waals surface area contributed by atoms with Gasteiger partial charge in [-0.15, -0.1) is 0 Å². The summed E-state index contributed by atoms with van der Waals surface area (Å²) in [6, 6.07) is 8.79. The number of nitrogens with one attached hydrogen (secondary N) is 2. The van der Waals surface area contributed by atoms with Crippen LogP contribution in [-0.4, -0.2) is 29.6 Å². The first-order valence-corrected chi connectivity index (χ1v) is 12.9. The standard InChI is InChI=1S/C27H31BrClFN2O3/c1-25(2,3)13-19-27(16-11-10-14(29)12-18(16)31-24(27)34)20(15-8-7-9-17(28)21(15)30)22(32-19)23(33)35-26(4,5)6/h7-12,19-20,22,32H,13H2,1-6H3,(H,31,34)/t19-,20-,22+,27?/m0/s1. The second-order valence-corrected chi connectivity index (χ2v) is 12.9. The van der Waals surface area contributed by atoms with Gasteiger partial charge in [0.15, 0.2) is 0 Å². The van der Waals surface area contributed by atoms with Gasteiger partial charge in [0.1, 0.15) is 22.9 Å². The lowest BCUT2D eigenvalue weighted by Crippen LogP contribution is -2.49. The molecule has 2 heterocycles. The number of ether oxygens (including phenoxy) is 1. The van der Waals surface area contributed by atoms with Crippen molar-refractivity contribution in [2.24, 2.45) is 5.41 Å². The molecule has 1 fully saturated rings. The summed E-state index contributed by atoms with van der Waals surface area (Å²) in [6.45, 7) is 11.6. The number of benzene rings is 2. The van der Waals surface area contributed by atoms with Crippen molar-refractivity contribution in [1.29, 1.82) is 0 Å². The maximum Gasteiger partial charge on any atom is 0.324 e. The van der Waals surface area contributed by atoms with Gasteiger partial charge in [0, 0.05) is 22.7 Å². The van der Waals surface area contributed by atoms with Gasteiger partial charge in [-0.2, -0.15) is 0 Å². The van der Waals surface area contributed by atoms with Crippen molar-refractivity contribution in [1.82, 2.24) is 5.32 Å². The molecule has 4 rings (SSSR count). The van der Waals surface area contributed by atoms with E-state index in [0.717, 1.165) is 0 Å². The van der Waals surface area contributed by atoms with Gasteiger partial charge < -0.3 is 10.1 Å². The number of carbonyl (C=O) groups is 2. The van der Waals surface area contributed by atoms with E-state index in [1.807, 2.05) is 6.07 Å². The van der Waals surface area contributed by atoms with Crippen molar-refractivity contribution < 1.29 is 18.7 Å². The minimum Gasteiger partial charge on any atom is -0.459 e. The molecule has 4 atom stereocenters. The Balaban J connectivity index is 2.01. The molecule has 2 aliphatic heterocycles. The predicted octanol–water partition coefficient (Wildman–Crippen LogP) is 6.33. The van der Waals surface area contributed by atoms with E-state index in [1.165, 1.54) is 0 Å². The average Bonchev–Trinajstić information content (AvgIpc) is 3.17. The van der Waals surface area contributed by atoms with E-state index < -0.39 is 40.8 Å². The molecule has 8 heteroatoms. The van der Waals surface area contributed by atoms with Crippen LogP contribution >= 0.6 is 27.5 Å². The predicted molar refractivity (Wildman–Crippen MR) is 139 cm³/mol. The number of anilines is 1. The van der Waals surface area contributed by atoms with Gasteiger partial charge in [-0.25, -0.2) is 4.39 Å². The zero-order valence-corrected chi connectivity index (χ0v) is 23.1. The molecule has 0 saturated carbocycles. The van der Waals surface area contributed by atoms with E-state index in [9.17, 15) is 9.59 Å². The molecule has 0 aliphatic carbocycles. The number of carbonyl (C=O) groups excluding carboxylic acids is 2. The van der Waals surface area contributed by atoms with Crippen LogP contribution in [0.3, 0.4) is 0 Å². The van der Waals surface area contributed by atoms with Crippen LogP contribution in [0.15, 0.2) is 40.9 Å². The Bertz CT molecular complexity index is 1190. The summed E-state index contributed by atoms with van der Waals surface area (Å²) >= 11 is 9.54. The zero-order valence-electron chi connectivity index (χ0n) is 20.8. The fraction of sp³-hybridized carbons (Fsp3) is 0.481. The first-order valence-electron chi connectivity index (χ1n) is 11.7. The maximum atomic E-state index is 15.7. The molecule has 5 nitrogen and oxygen atoms in total. The van der Waals surface area contributed by atoms with E-state index in [0.29, 0.717) is 22.7 Å². The van der Waals surface area contributed by atoms with Crippen LogP contribution in [0.25, 0.3) is 0 Å². The van der Waals surface area contributed by atoms with Crippen LogP contribution in [0.2, 0.25) is 5.02 Å². The van der Waals surface area contributed by atoms with E-state index in [2.05, 4.69) is 47.3 Å². The molecule has 35 heavy (non-hydrogen) atoms. The lowest BCUT2D eigenvalue weighted by Gasteiger charge is -2.37. The van der Waals surface area contributed by atoms with Crippen LogP contribution in [0, 0.1) is 11.2 Å². The Morgan fingerprint density at radius 3 is 2.49 bits per heavy atom. The Hall–Kier alpha value is -1.96. The first kappa shape index (κ1) is 26.1. The van der Waals surface area contributed by atoms with Crippen LogP contribution in [0.4, 0.5) is 10.1 Å². The minimum atomic E-state index is -1.25. The first-order chi connectivity index (χ1) is 16.1. The summed E-state index contributed by atoms with van der Waals surface area (Å²) in [5.74, 6) is -2.16. The SMILES string of the molecule is CC(C)(C)C[C@@H]1N[C@@H](C(=O)OC(C)(C)C)[C@H](c2cccc(Br)c2F)C12C(=O)Nc1cc(Cl)ccc12. The van der Waals surface area contributed by atoms with Gasteiger partial charge in [0.25, 0.3) is 0 Å². The van der Waals surface area contributed by atoms with Gasteiger partial charge in [-0.3, -0.25) is 14.9 Å². The third kappa shape index (κ3) is 4.63. The number of rotatable bonds is 3. The molecule has 2 aromatic rings. The number of hydrogen-bond donors (Lipinski definition) is 2. The fourth-order valence-corrected chi connectivity index (χ4v) is 6.05. The summed E-state index contributed by atoms with van der Waals surface area (Å²) < 4.78 is 21.8. The smallest absolute Gasteiger partial charge is 0.324 e. The average molecular weight is 566 g/mol. The molecule has 2 aliphatic rings. The zero-order chi connectivity index (χ0) is 25.9. The number of amides is 1. The number of halogens is 3. The maximum absolute atomic E-state index is 15.7. The normalized spacial score (nSPS) is 26.1. The second-order valence-electron chi connectivity index (χ2n) is 11.6. The van der Waals surface area contributed by atoms with Gasteiger partial charge in [0.2, 0.25) is 5.91 Å². The highest BCUT2D eigenvalue weighted by Crippen LogP contribution is 2.57. The summed E-state index contributed by atoms with van der Waals surface area (Å²) in [6.07, 6.45) is 0.563. The summed E-state index contributed by atoms with van der Waals surface area (Å²) in [5, 5.41) is 6.89. The molecule has 0 bridgehead atoms. The lowest BCUT2D eigenvalue weighted by atomic mass is 9.62. The number of fused-ring (bicyclic) bond motifs is 2. The molecule has 1 spiro atoms. The molecular weight excluding hydrogens is 535 g/mol. The topological polar surface area (TPSA) is 67.4 Å². The summed E-state index contributed by atoms with van der Waals surface area (Å²) in [5.41, 5.74) is -0.646. The van der Waals surface area contributed by atoms with Gasteiger partial charge in [0.05, 0.1) is 4.47 Å². The fourth-order valence-electron chi connectivity index (χ4n) is 5.49. The Labute approximate surface area is 219 Å². The molecular formula is C27H31BrClFN2O3. The molecule has 1 saturated heterocycles. The van der Waals surface area contributed by atoms with Crippen molar-refractivity contribution in [2.45, 2.75) is 77.0 Å². The quantitative estimate of drug-likeness (QED) is 0.427. The summed E-state index contributed by atoms with van der Waals surface area (Å²) in [7, 11) is 0. The van der Waals surface area contributed by atoms with Crippen molar-refractivity contribution >= 4 is 45.1 Å². The van der Waals surface area contributed by atoms with E-state index >= 15 is 4.39 Å². The third-order valence-electron chi connectivity index (χ3n) is 6.60. The highest BCUT2D eigenvalue weighted by Gasteiger charge is 2.66. The largest absolute Gasteiger partial charge is 0.459 e. The molecule has 2 aromatic carbocycles. The minimum absolute atomic E-state index is 0.191. The van der Waals surface area contributed by atoms with E-state index in [1.54, 1.807) is 51.1 Å². The van der Waals surface area contributed by atoms with Crippen LogP contribution < -0.4 is 10.6 Å². The number of esters is 1. The monoisotopic (exact) mass is 564 g/mol. The van der Waals surface area contributed by atoms with Crippen LogP contribution in [0.1, 0.15) is 65.0 Å². The van der Waals surface area contributed by atoms with Crippen LogP contribution in [0.5, 0.6) is 0 Å². The molecule has 188 valence electrons. The van der Waals surface area contributed by atoms with Crippen molar-refractivity contribution in [3.8, 4) is 0 Å². The molecule has 2 N–H and O–H groups in total. The van der Waals surface area contributed by atoms with E-state index in [-0.39, 0.29) is 21.4 Å². The second kappa shape index (κ2) is 8.86.